The van der Waals surface area contributed by atoms with E-state index in [-0.39, 0.29) is 5.91 Å². The molecule has 6 heteroatoms. The largest absolute Gasteiger partial charge is 0.496 e. The van der Waals surface area contributed by atoms with E-state index in [1.807, 2.05) is 24.3 Å². The number of hydrogen-bond acceptors (Lipinski definition) is 4. The minimum atomic E-state index is -0.224. The number of aromatic nitrogens is 1. The summed E-state index contributed by atoms with van der Waals surface area (Å²) in [6.07, 6.45) is 4.03. The van der Waals surface area contributed by atoms with Gasteiger partial charge in [-0.25, -0.2) is 0 Å². The number of halogens is 1. The molecule has 0 unspecified atom stereocenters. The van der Waals surface area contributed by atoms with E-state index in [0.717, 1.165) is 23.4 Å². The third-order valence-electron chi connectivity index (χ3n) is 4.02. The Labute approximate surface area is 163 Å². The second-order valence-corrected chi connectivity index (χ2v) is 6.35. The molecule has 2 aromatic carbocycles. The highest BCUT2D eigenvalue weighted by Gasteiger charge is 2.08. The number of para-hydroxylation sites is 1. The standard InChI is InChI=1S/C21H20ClN3O2/c1-27-20-5-3-2-4-15(20)10-11-24-19-12-16(13-23-14-19)21(26)25-18-8-6-17(22)7-9-18/h2-9,12-14,24H,10-11H2,1H3,(H,25,26). The Bertz CT molecular complexity index is 913. The first-order chi connectivity index (χ1) is 13.2. The van der Waals surface area contributed by atoms with E-state index < -0.39 is 0 Å². The first-order valence-corrected chi connectivity index (χ1v) is 8.91. The number of benzene rings is 2. The second-order valence-electron chi connectivity index (χ2n) is 5.91. The van der Waals surface area contributed by atoms with Gasteiger partial charge in [-0.2, -0.15) is 0 Å². The number of nitrogens with one attached hydrogen (secondary N) is 2. The molecule has 0 saturated carbocycles. The van der Waals surface area contributed by atoms with Crippen LogP contribution in [0.25, 0.3) is 0 Å². The first kappa shape index (κ1) is 18.7. The lowest BCUT2D eigenvalue weighted by Gasteiger charge is -2.10. The smallest absolute Gasteiger partial charge is 0.257 e. The third kappa shape index (κ3) is 5.21. The number of rotatable bonds is 7. The Kier molecular flexibility index (Phi) is 6.28. The van der Waals surface area contributed by atoms with Crippen molar-refractivity contribution in [3.63, 3.8) is 0 Å². The van der Waals surface area contributed by atoms with Gasteiger partial charge >= 0.3 is 0 Å². The Hall–Kier alpha value is -3.05. The van der Waals surface area contributed by atoms with E-state index in [0.29, 0.717) is 22.8 Å². The molecule has 2 N–H and O–H groups in total. The van der Waals surface area contributed by atoms with Gasteiger partial charge in [0.2, 0.25) is 0 Å². The molecule has 0 saturated heterocycles. The van der Waals surface area contributed by atoms with Crippen molar-refractivity contribution in [2.75, 3.05) is 24.3 Å². The van der Waals surface area contributed by atoms with Crippen LogP contribution in [0.15, 0.2) is 67.0 Å². The molecule has 0 radical (unpaired) electrons. The predicted molar refractivity (Wildman–Crippen MR) is 109 cm³/mol. The molecule has 0 aliphatic heterocycles. The molecule has 0 spiro atoms. The Morgan fingerprint density at radius 2 is 1.85 bits per heavy atom. The number of methoxy groups -OCH3 is 1. The molecule has 0 fully saturated rings. The second kappa shape index (κ2) is 9.05. The van der Waals surface area contributed by atoms with Crippen molar-refractivity contribution in [2.24, 2.45) is 0 Å². The number of ether oxygens (including phenoxy) is 1. The molecule has 0 atom stereocenters. The van der Waals surface area contributed by atoms with E-state index in [2.05, 4.69) is 15.6 Å². The summed E-state index contributed by atoms with van der Waals surface area (Å²) in [4.78, 5) is 16.6. The van der Waals surface area contributed by atoms with E-state index >= 15 is 0 Å². The van der Waals surface area contributed by atoms with Crippen LogP contribution in [-0.4, -0.2) is 24.5 Å². The van der Waals surface area contributed by atoms with E-state index in [4.69, 9.17) is 16.3 Å². The van der Waals surface area contributed by atoms with Crippen molar-refractivity contribution in [2.45, 2.75) is 6.42 Å². The van der Waals surface area contributed by atoms with Crippen LogP contribution in [0.4, 0.5) is 11.4 Å². The summed E-state index contributed by atoms with van der Waals surface area (Å²) in [6.45, 7) is 0.699. The monoisotopic (exact) mass is 381 g/mol. The summed E-state index contributed by atoms with van der Waals surface area (Å²) in [5.74, 6) is 0.645. The predicted octanol–water partition coefficient (Wildman–Crippen LogP) is 4.65. The molecule has 5 nitrogen and oxygen atoms in total. The molecule has 3 aromatic rings. The molecule has 0 aliphatic carbocycles. The lowest BCUT2D eigenvalue weighted by Crippen LogP contribution is -2.13. The average Bonchev–Trinajstić information content (AvgIpc) is 2.70. The van der Waals surface area contributed by atoms with E-state index in [9.17, 15) is 4.79 Å². The number of nitrogens with zero attached hydrogens (tertiary/aromatic N) is 1. The van der Waals surface area contributed by atoms with E-state index in [1.165, 1.54) is 6.20 Å². The van der Waals surface area contributed by atoms with Crippen molar-refractivity contribution in [3.8, 4) is 5.75 Å². The zero-order valence-corrected chi connectivity index (χ0v) is 15.7. The van der Waals surface area contributed by atoms with Crippen LogP contribution in [0.1, 0.15) is 15.9 Å². The Balaban J connectivity index is 1.59. The van der Waals surface area contributed by atoms with Gasteiger partial charge in [-0.1, -0.05) is 29.8 Å². The maximum absolute atomic E-state index is 12.4. The molecule has 3 rings (SSSR count). The fourth-order valence-corrected chi connectivity index (χ4v) is 2.77. The van der Waals surface area contributed by atoms with Gasteiger partial charge in [0.25, 0.3) is 5.91 Å². The van der Waals surface area contributed by atoms with Gasteiger partial charge in [0.15, 0.2) is 0 Å². The fourth-order valence-electron chi connectivity index (χ4n) is 2.65. The molecule has 1 heterocycles. The normalized spacial score (nSPS) is 10.3. The maximum atomic E-state index is 12.4. The summed E-state index contributed by atoms with van der Waals surface area (Å²) in [7, 11) is 1.67. The van der Waals surface area contributed by atoms with Crippen LogP contribution in [-0.2, 0) is 6.42 Å². The Morgan fingerprint density at radius 1 is 1.07 bits per heavy atom. The third-order valence-corrected chi connectivity index (χ3v) is 4.27. The SMILES string of the molecule is COc1ccccc1CCNc1cncc(C(=O)Nc2ccc(Cl)cc2)c1. The summed E-state index contributed by atoms with van der Waals surface area (Å²) in [5, 5.41) is 6.74. The van der Waals surface area contributed by atoms with Gasteiger partial charge in [-0.05, 0) is 48.4 Å². The quantitative estimate of drug-likeness (QED) is 0.625. The highest BCUT2D eigenvalue weighted by Crippen LogP contribution is 2.18. The van der Waals surface area contributed by atoms with Gasteiger partial charge in [-0.3, -0.25) is 9.78 Å². The first-order valence-electron chi connectivity index (χ1n) is 8.53. The Morgan fingerprint density at radius 3 is 2.63 bits per heavy atom. The van der Waals surface area contributed by atoms with Crippen molar-refractivity contribution < 1.29 is 9.53 Å². The maximum Gasteiger partial charge on any atom is 0.257 e. The van der Waals surface area contributed by atoms with Crippen LogP contribution in [0, 0.1) is 0 Å². The topological polar surface area (TPSA) is 63.2 Å². The number of amides is 1. The van der Waals surface area contributed by atoms with Crippen LogP contribution in [0.5, 0.6) is 5.75 Å². The molecule has 0 bridgehead atoms. The molecule has 138 valence electrons. The van der Waals surface area contributed by atoms with Crippen molar-refractivity contribution >= 4 is 28.9 Å². The zero-order valence-electron chi connectivity index (χ0n) is 14.9. The average molecular weight is 382 g/mol. The summed E-state index contributed by atoms with van der Waals surface area (Å²) < 4.78 is 5.36. The molecule has 0 aliphatic rings. The fraction of sp³-hybridized carbons (Fsp3) is 0.143. The van der Waals surface area contributed by atoms with E-state index in [1.54, 1.807) is 43.6 Å². The minimum absolute atomic E-state index is 0.224. The summed E-state index contributed by atoms with van der Waals surface area (Å²) >= 11 is 5.86. The lowest BCUT2D eigenvalue weighted by atomic mass is 10.1. The van der Waals surface area contributed by atoms with Crippen molar-refractivity contribution in [1.29, 1.82) is 0 Å². The number of anilines is 2. The molecular formula is C21H20ClN3O2. The van der Waals surface area contributed by atoms with Gasteiger partial charge < -0.3 is 15.4 Å². The van der Waals surface area contributed by atoms with Crippen LogP contribution >= 0.6 is 11.6 Å². The van der Waals surface area contributed by atoms with Crippen LogP contribution in [0.3, 0.4) is 0 Å². The zero-order chi connectivity index (χ0) is 19.1. The number of pyridine rings is 1. The van der Waals surface area contributed by atoms with Gasteiger partial charge in [-0.15, -0.1) is 0 Å². The van der Waals surface area contributed by atoms with Crippen LogP contribution in [0.2, 0.25) is 5.02 Å². The molecular weight excluding hydrogens is 362 g/mol. The summed E-state index contributed by atoms with van der Waals surface area (Å²) in [5.41, 5.74) is 3.07. The van der Waals surface area contributed by atoms with Crippen molar-refractivity contribution in [1.82, 2.24) is 4.98 Å². The molecule has 1 aromatic heterocycles. The van der Waals surface area contributed by atoms with Crippen molar-refractivity contribution in [3.05, 3.63) is 83.1 Å². The van der Waals surface area contributed by atoms with Gasteiger partial charge in [0.1, 0.15) is 5.75 Å². The molecule has 1 amide bonds. The number of carbonyl (C=O) groups is 1. The summed E-state index contributed by atoms with van der Waals surface area (Å²) in [6, 6.07) is 16.7. The highest BCUT2D eigenvalue weighted by atomic mass is 35.5. The minimum Gasteiger partial charge on any atom is -0.496 e. The number of carbonyl (C=O) groups excluding carboxylic acids is 1. The van der Waals surface area contributed by atoms with Gasteiger partial charge in [0.05, 0.1) is 18.4 Å². The number of hydrogen-bond donors (Lipinski definition) is 2. The van der Waals surface area contributed by atoms with Gasteiger partial charge in [0, 0.05) is 29.6 Å². The van der Waals surface area contributed by atoms with Crippen LogP contribution < -0.4 is 15.4 Å². The molecule has 27 heavy (non-hydrogen) atoms. The highest BCUT2D eigenvalue weighted by molar-refractivity contribution is 6.30. The lowest BCUT2D eigenvalue weighted by molar-refractivity contribution is 0.102.